The molecule has 0 radical (unpaired) electrons. The number of halogens is 3. The van der Waals surface area contributed by atoms with Crippen LogP contribution >= 0.6 is 0 Å². The van der Waals surface area contributed by atoms with Gasteiger partial charge in [0.05, 0.1) is 50.7 Å². The second kappa shape index (κ2) is 13.5. The molecule has 8 heteroatoms. The number of hydrogen-bond donors (Lipinski definition) is 0. The molecule has 0 unspecified atom stereocenters. The average molecular weight is 848 g/mol. The zero-order valence-electron chi connectivity index (χ0n) is 34.5. The van der Waals surface area contributed by atoms with Crippen molar-refractivity contribution < 1.29 is 22.0 Å². The number of aryl methyl sites for hydroxylation is 1. The molecule has 0 amide bonds. The molecule has 9 aromatic carbocycles. The average Bonchev–Trinajstić information content (AvgIpc) is 4.08. The van der Waals surface area contributed by atoms with Gasteiger partial charge in [-0.3, -0.25) is 0 Å². The largest absolute Gasteiger partial charge is 0.455 e. The lowest BCUT2D eigenvalue weighted by molar-refractivity contribution is -0.137. The molecule has 0 aliphatic heterocycles. The standard InChI is InChI=1S/C57H32F3N3O2/c1-32-29-34(57(58,59)60)20-22-36(32)33-19-26-48(63-47-16-8-4-14-42(47)54-50(63)28-24-40-38-12-6-10-18-52(38)65-56(40)54)44(30-33)43-31-35(21-25-45(43)61-2)62-46-15-7-3-13-41(46)53-49(62)27-23-39-37-11-5-9-17-51(37)64-55(39)53/h3-31H,1H3. The van der Waals surface area contributed by atoms with Crippen LogP contribution in [0.4, 0.5) is 18.9 Å². The van der Waals surface area contributed by atoms with Crippen LogP contribution in [0, 0.1) is 13.5 Å². The number of fused-ring (bicyclic) bond motifs is 14. The Kier molecular flexibility index (Phi) is 7.68. The first-order valence-corrected chi connectivity index (χ1v) is 21.3. The maximum atomic E-state index is 13.9. The summed E-state index contributed by atoms with van der Waals surface area (Å²) in [6, 6.07) is 56.9. The van der Waals surface area contributed by atoms with Gasteiger partial charge in [0.2, 0.25) is 0 Å². The van der Waals surface area contributed by atoms with E-state index in [9.17, 15) is 13.2 Å². The van der Waals surface area contributed by atoms with Crippen molar-refractivity contribution >= 4 is 93.2 Å². The molecule has 0 bridgehead atoms. The number of benzene rings is 9. The minimum absolute atomic E-state index is 0.428. The Balaban J connectivity index is 1.11. The van der Waals surface area contributed by atoms with Crippen LogP contribution in [0.2, 0.25) is 0 Å². The van der Waals surface area contributed by atoms with E-state index in [0.29, 0.717) is 22.4 Å². The lowest BCUT2D eigenvalue weighted by atomic mass is 9.93. The van der Waals surface area contributed by atoms with Gasteiger partial charge in [-0.2, -0.15) is 13.2 Å². The van der Waals surface area contributed by atoms with Crippen molar-refractivity contribution in [2.24, 2.45) is 0 Å². The van der Waals surface area contributed by atoms with Crippen LogP contribution < -0.4 is 0 Å². The normalized spacial score (nSPS) is 12.3. The van der Waals surface area contributed by atoms with Gasteiger partial charge in [-0.1, -0.05) is 91.0 Å². The number of para-hydroxylation sites is 4. The molecule has 4 heterocycles. The molecule has 13 aromatic rings. The molecule has 0 aliphatic rings. The summed E-state index contributed by atoms with van der Waals surface area (Å²) >= 11 is 0. The minimum Gasteiger partial charge on any atom is -0.455 e. The SMILES string of the molecule is [C-]#[N+]c1ccc(-n2c3ccccc3c3c4oc5ccccc5c4ccc32)cc1-c1cc(-c2ccc(C(F)(F)F)cc2C)ccc1-n1c2ccccc2c2c3oc4ccccc4c3ccc21. The molecule has 0 aliphatic carbocycles. The van der Waals surface area contributed by atoms with Gasteiger partial charge in [0, 0.05) is 38.0 Å². The summed E-state index contributed by atoms with van der Waals surface area (Å²) < 4.78 is 59.4. The molecule has 0 fully saturated rings. The molecule has 0 spiro atoms. The Morgan fingerprint density at radius 2 is 1.05 bits per heavy atom. The van der Waals surface area contributed by atoms with Crippen molar-refractivity contribution in [3.05, 3.63) is 198 Å². The van der Waals surface area contributed by atoms with Crippen LogP contribution in [0.3, 0.4) is 0 Å². The summed E-state index contributed by atoms with van der Waals surface area (Å²) in [7, 11) is 0. The topological polar surface area (TPSA) is 40.5 Å². The Bertz CT molecular complexity index is 4210. The Labute approximate surface area is 368 Å². The molecule has 65 heavy (non-hydrogen) atoms. The summed E-state index contributed by atoms with van der Waals surface area (Å²) in [6.45, 7) is 10.3. The third kappa shape index (κ3) is 5.33. The minimum atomic E-state index is -4.48. The lowest BCUT2D eigenvalue weighted by Gasteiger charge is -2.19. The van der Waals surface area contributed by atoms with E-state index in [1.165, 1.54) is 6.07 Å². The Morgan fingerprint density at radius 1 is 0.477 bits per heavy atom. The molecular formula is C57H32F3N3O2. The van der Waals surface area contributed by atoms with Gasteiger partial charge in [-0.25, -0.2) is 4.85 Å². The summed E-state index contributed by atoms with van der Waals surface area (Å²) in [4.78, 5) is 4.11. The van der Waals surface area contributed by atoms with Crippen molar-refractivity contribution in [1.29, 1.82) is 0 Å². The van der Waals surface area contributed by atoms with E-state index in [0.717, 1.165) is 116 Å². The Hall–Kier alpha value is -8.54. The zero-order chi connectivity index (χ0) is 43.7. The van der Waals surface area contributed by atoms with Crippen LogP contribution in [-0.2, 0) is 6.18 Å². The van der Waals surface area contributed by atoms with Gasteiger partial charge in [-0.15, -0.1) is 0 Å². The first kappa shape index (κ1) is 37.1. The maximum Gasteiger partial charge on any atom is 0.416 e. The van der Waals surface area contributed by atoms with Crippen molar-refractivity contribution in [3.8, 4) is 33.6 Å². The molecule has 0 saturated heterocycles. The maximum absolute atomic E-state index is 13.9. The van der Waals surface area contributed by atoms with E-state index in [4.69, 9.17) is 15.4 Å². The first-order chi connectivity index (χ1) is 31.7. The summed E-state index contributed by atoms with van der Waals surface area (Å²) in [5.74, 6) is 0. The summed E-state index contributed by atoms with van der Waals surface area (Å²) in [6.07, 6.45) is -4.48. The third-order valence-corrected chi connectivity index (χ3v) is 13.1. The van der Waals surface area contributed by atoms with Crippen molar-refractivity contribution in [3.63, 3.8) is 0 Å². The van der Waals surface area contributed by atoms with Gasteiger partial charge < -0.3 is 18.0 Å². The number of hydrogen-bond acceptors (Lipinski definition) is 2. The molecular weight excluding hydrogens is 816 g/mol. The molecule has 308 valence electrons. The fraction of sp³-hybridized carbons (Fsp3) is 0.0351. The van der Waals surface area contributed by atoms with Crippen molar-refractivity contribution in [2.75, 3.05) is 0 Å². The number of nitrogens with zero attached hydrogens (tertiary/aromatic N) is 3. The van der Waals surface area contributed by atoms with E-state index in [1.54, 1.807) is 13.0 Å². The Morgan fingerprint density at radius 3 is 1.65 bits per heavy atom. The van der Waals surface area contributed by atoms with E-state index < -0.39 is 11.7 Å². The number of alkyl halides is 3. The van der Waals surface area contributed by atoms with Gasteiger partial charge in [0.15, 0.2) is 5.69 Å². The first-order valence-electron chi connectivity index (χ1n) is 21.3. The molecule has 0 saturated carbocycles. The number of rotatable bonds is 4. The highest BCUT2D eigenvalue weighted by atomic mass is 19.4. The van der Waals surface area contributed by atoms with Crippen LogP contribution in [0.1, 0.15) is 11.1 Å². The fourth-order valence-corrected chi connectivity index (χ4v) is 10.3. The smallest absolute Gasteiger partial charge is 0.416 e. The van der Waals surface area contributed by atoms with Gasteiger partial charge >= 0.3 is 6.18 Å². The molecule has 5 nitrogen and oxygen atoms in total. The van der Waals surface area contributed by atoms with Crippen molar-refractivity contribution in [1.82, 2.24) is 9.13 Å². The quantitative estimate of drug-likeness (QED) is 0.166. The molecule has 13 rings (SSSR count). The van der Waals surface area contributed by atoms with Gasteiger partial charge in [0.1, 0.15) is 22.3 Å². The second-order valence-corrected chi connectivity index (χ2v) is 16.6. The van der Waals surface area contributed by atoms with Crippen LogP contribution in [0.25, 0.3) is 126 Å². The zero-order valence-corrected chi connectivity index (χ0v) is 34.5. The predicted molar refractivity (Wildman–Crippen MR) is 257 cm³/mol. The predicted octanol–water partition coefficient (Wildman–Crippen LogP) is 16.9. The lowest BCUT2D eigenvalue weighted by Crippen LogP contribution is -2.05. The second-order valence-electron chi connectivity index (χ2n) is 16.6. The summed E-state index contributed by atoms with van der Waals surface area (Å²) in [5, 5.41) is 8.11. The number of furan rings is 2. The van der Waals surface area contributed by atoms with E-state index >= 15 is 0 Å². The van der Waals surface area contributed by atoms with E-state index in [1.807, 2.05) is 91.0 Å². The number of aromatic nitrogens is 2. The van der Waals surface area contributed by atoms with Gasteiger partial charge in [-0.05, 0) is 120 Å². The van der Waals surface area contributed by atoms with Crippen LogP contribution in [0.5, 0.6) is 0 Å². The highest BCUT2D eigenvalue weighted by Gasteiger charge is 2.31. The van der Waals surface area contributed by atoms with Crippen LogP contribution in [-0.4, -0.2) is 9.13 Å². The highest BCUT2D eigenvalue weighted by Crippen LogP contribution is 2.47. The fourth-order valence-electron chi connectivity index (χ4n) is 10.3. The molecule has 0 N–H and O–H groups in total. The van der Waals surface area contributed by atoms with E-state index in [-0.39, 0.29) is 0 Å². The molecule has 0 atom stereocenters. The van der Waals surface area contributed by atoms with Crippen molar-refractivity contribution in [2.45, 2.75) is 13.1 Å². The summed E-state index contributed by atoms with van der Waals surface area (Å²) in [5.41, 5.74) is 11.6. The monoisotopic (exact) mass is 847 g/mol. The third-order valence-electron chi connectivity index (χ3n) is 13.1. The molecule has 4 aromatic heterocycles. The highest BCUT2D eigenvalue weighted by molar-refractivity contribution is 6.25. The van der Waals surface area contributed by atoms with E-state index in [2.05, 4.69) is 80.7 Å². The van der Waals surface area contributed by atoms with Gasteiger partial charge in [0.25, 0.3) is 0 Å². The van der Waals surface area contributed by atoms with Crippen LogP contribution in [0.15, 0.2) is 185 Å².